The lowest BCUT2D eigenvalue weighted by Gasteiger charge is -2.40. The van der Waals surface area contributed by atoms with Crippen molar-refractivity contribution < 1.29 is 4.79 Å². The predicted molar refractivity (Wildman–Crippen MR) is 80.6 cm³/mol. The fourth-order valence-electron chi connectivity index (χ4n) is 4.28. The molecule has 2 heterocycles. The summed E-state index contributed by atoms with van der Waals surface area (Å²) < 4.78 is 0. The smallest absolute Gasteiger partial charge is 0.237 e. The van der Waals surface area contributed by atoms with Gasteiger partial charge in [0.05, 0.1) is 6.04 Å². The van der Waals surface area contributed by atoms with Crippen LogP contribution in [0.3, 0.4) is 0 Å². The molecule has 20 heavy (non-hydrogen) atoms. The van der Waals surface area contributed by atoms with Crippen LogP contribution < -0.4 is 10.6 Å². The number of likely N-dealkylation sites (tertiary alicyclic amines) is 1. The van der Waals surface area contributed by atoms with Gasteiger partial charge in [0.25, 0.3) is 0 Å². The first-order chi connectivity index (χ1) is 9.74. The molecule has 3 aliphatic rings. The monoisotopic (exact) mass is 279 g/mol. The van der Waals surface area contributed by atoms with E-state index >= 15 is 0 Å². The van der Waals surface area contributed by atoms with Crippen LogP contribution in [0.15, 0.2) is 0 Å². The highest BCUT2D eigenvalue weighted by Gasteiger charge is 2.34. The molecule has 1 aliphatic carbocycles. The van der Waals surface area contributed by atoms with Crippen LogP contribution in [0.1, 0.15) is 51.4 Å². The lowest BCUT2D eigenvalue weighted by molar-refractivity contribution is -0.124. The van der Waals surface area contributed by atoms with E-state index in [0.29, 0.717) is 12.1 Å². The molecule has 114 valence electrons. The Bertz CT molecular complexity index is 347. The average Bonchev–Trinajstić information content (AvgIpc) is 2.89. The molecular formula is C16H29N3O. The molecule has 1 amide bonds. The second-order valence-electron chi connectivity index (χ2n) is 6.97. The Balaban J connectivity index is 1.45. The van der Waals surface area contributed by atoms with Crippen LogP contribution in [0.25, 0.3) is 0 Å². The van der Waals surface area contributed by atoms with Crippen molar-refractivity contribution in [1.29, 1.82) is 0 Å². The fourth-order valence-corrected chi connectivity index (χ4v) is 4.28. The van der Waals surface area contributed by atoms with Gasteiger partial charge >= 0.3 is 0 Å². The molecule has 2 aliphatic heterocycles. The number of rotatable bonds is 3. The SMILES string of the molecule is CN1CCCC1CNC(=O)C1CCC2CCCCC2N1. The zero-order chi connectivity index (χ0) is 13.9. The Morgan fingerprint density at radius 3 is 2.80 bits per heavy atom. The van der Waals surface area contributed by atoms with E-state index in [-0.39, 0.29) is 11.9 Å². The van der Waals surface area contributed by atoms with Crippen molar-refractivity contribution in [1.82, 2.24) is 15.5 Å². The number of carbonyl (C=O) groups is 1. The maximum atomic E-state index is 12.3. The van der Waals surface area contributed by atoms with E-state index in [1.165, 1.54) is 51.5 Å². The first-order valence-corrected chi connectivity index (χ1v) is 8.48. The van der Waals surface area contributed by atoms with Gasteiger partial charge in [-0.2, -0.15) is 0 Å². The quantitative estimate of drug-likeness (QED) is 0.823. The first-order valence-electron chi connectivity index (χ1n) is 8.48. The van der Waals surface area contributed by atoms with Crippen LogP contribution in [-0.4, -0.2) is 49.1 Å². The summed E-state index contributed by atoms with van der Waals surface area (Å²) in [6.45, 7) is 1.99. The average molecular weight is 279 g/mol. The van der Waals surface area contributed by atoms with Crippen molar-refractivity contribution in [2.45, 2.75) is 69.5 Å². The minimum Gasteiger partial charge on any atom is -0.353 e. The molecule has 1 saturated carbocycles. The minimum atomic E-state index is 0.0565. The summed E-state index contributed by atoms with van der Waals surface area (Å²) in [4.78, 5) is 14.7. The highest BCUT2D eigenvalue weighted by molar-refractivity contribution is 5.81. The molecular weight excluding hydrogens is 250 g/mol. The predicted octanol–water partition coefficient (Wildman–Crippen LogP) is 1.51. The van der Waals surface area contributed by atoms with Crippen LogP contribution in [-0.2, 0) is 4.79 Å². The van der Waals surface area contributed by atoms with Crippen LogP contribution >= 0.6 is 0 Å². The van der Waals surface area contributed by atoms with Gasteiger partial charge in [-0.05, 0) is 58.0 Å². The molecule has 2 N–H and O–H groups in total. The van der Waals surface area contributed by atoms with Gasteiger partial charge in [0, 0.05) is 18.6 Å². The summed E-state index contributed by atoms with van der Waals surface area (Å²) in [6, 6.07) is 1.20. The third-order valence-corrected chi connectivity index (χ3v) is 5.65. The Morgan fingerprint density at radius 2 is 2.00 bits per heavy atom. The molecule has 0 aromatic carbocycles. The molecule has 4 atom stereocenters. The molecule has 3 rings (SSSR count). The minimum absolute atomic E-state index is 0.0565. The van der Waals surface area contributed by atoms with Crippen molar-refractivity contribution in [3.8, 4) is 0 Å². The normalized spacial score (nSPS) is 38.5. The van der Waals surface area contributed by atoms with Gasteiger partial charge in [0.15, 0.2) is 0 Å². The second kappa shape index (κ2) is 6.44. The van der Waals surface area contributed by atoms with E-state index < -0.39 is 0 Å². The highest BCUT2D eigenvalue weighted by Crippen LogP contribution is 2.32. The summed E-state index contributed by atoms with van der Waals surface area (Å²) in [6.07, 6.45) is 10.1. The Hall–Kier alpha value is -0.610. The molecule has 4 unspecified atom stereocenters. The van der Waals surface area contributed by atoms with Crippen LogP contribution in [0, 0.1) is 5.92 Å². The maximum Gasteiger partial charge on any atom is 0.237 e. The number of fused-ring (bicyclic) bond motifs is 1. The largest absolute Gasteiger partial charge is 0.353 e. The van der Waals surface area contributed by atoms with E-state index in [9.17, 15) is 4.79 Å². The number of hydrogen-bond acceptors (Lipinski definition) is 3. The molecule has 2 saturated heterocycles. The zero-order valence-electron chi connectivity index (χ0n) is 12.7. The number of likely N-dealkylation sites (N-methyl/N-ethyl adjacent to an activating group) is 1. The molecule has 4 nitrogen and oxygen atoms in total. The van der Waals surface area contributed by atoms with Crippen molar-refractivity contribution in [3.05, 3.63) is 0 Å². The van der Waals surface area contributed by atoms with Gasteiger partial charge in [0.1, 0.15) is 0 Å². The third kappa shape index (κ3) is 3.17. The van der Waals surface area contributed by atoms with Crippen LogP contribution in [0.5, 0.6) is 0 Å². The van der Waals surface area contributed by atoms with E-state index in [1.54, 1.807) is 0 Å². The number of amides is 1. The lowest BCUT2D eigenvalue weighted by atomic mass is 9.77. The molecule has 0 spiro atoms. The standard InChI is InChI=1S/C16H29N3O/c1-19-10-4-6-13(19)11-17-16(20)15-9-8-12-5-2-3-7-14(12)18-15/h12-15,18H,2-11H2,1H3,(H,17,20). The van der Waals surface area contributed by atoms with Crippen LogP contribution in [0.2, 0.25) is 0 Å². The van der Waals surface area contributed by atoms with Crippen molar-refractivity contribution in [2.75, 3.05) is 20.1 Å². The van der Waals surface area contributed by atoms with E-state index in [1.807, 2.05) is 0 Å². The molecule has 0 bridgehead atoms. The Labute approximate surface area is 122 Å². The van der Waals surface area contributed by atoms with Crippen molar-refractivity contribution >= 4 is 5.91 Å². The summed E-state index contributed by atoms with van der Waals surface area (Å²) in [5.74, 6) is 1.06. The number of nitrogens with one attached hydrogen (secondary N) is 2. The maximum absolute atomic E-state index is 12.3. The molecule has 0 radical (unpaired) electrons. The van der Waals surface area contributed by atoms with Crippen molar-refractivity contribution in [3.63, 3.8) is 0 Å². The molecule has 0 aromatic rings. The molecule has 3 fully saturated rings. The van der Waals surface area contributed by atoms with Gasteiger partial charge in [-0.3, -0.25) is 4.79 Å². The Morgan fingerprint density at radius 1 is 1.15 bits per heavy atom. The summed E-state index contributed by atoms with van der Waals surface area (Å²) >= 11 is 0. The Kier molecular flexibility index (Phi) is 4.61. The highest BCUT2D eigenvalue weighted by atomic mass is 16.2. The van der Waals surface area contributed by atoms with E-state index in [2.05, 4.69) is 22.6 Å². The number of piperidine rings is 1. The fraction of sp³-hybridized carbons (Fsp3) is 0.938. The topological polar surface area (TPSA) is 44.4 Å². The van der Waals surface area contributed by atoms with Crippen molar-refractivity contribution in [2.24, 2.45) is 5.92 Å². The van der Waals surface area contributed by atoms with Crippen LogP contribution in [0.4, 0.5) is 0 Å². The lowest BCUT2D eigenvalue weighted by Crippen LogP contribution is -2.55. The second-order valence-corrected chi connectivity index (χ2v) is 6.97. The third-order valence-electron chi connectivity index (χ3n) is 5.65. The molecule has 0 aromatic heterocycles. The summed E-state index contributed by atoms with van der Waals surface area (Å²) in [5, 5.41) is 6.79. The number of nitrogens with zero attached hydrogens (tertiary/aromatic N) is 1. The van der Waals surface area contributed by atoms with Gasteiger partial charge in [0.2, 0.25) is 5.91 Å². The van der Waals surface area contributed by atoms with Gasteiger partial charge in [-0.15, -0.1) is 0 Å². The summed E-state index contributed by atoms with van der Waals surface area (Å²) in [7, 11) is 2.16. The first kappa shape index (κ1) is 14.3. The van der Waals surface area contributed by atoms with Gasteiger partial charge in [-0.25, -0.2) is 0 Å². The van der Waals surface area contributed by atoms with E-state index in [4.69, 9.17) is 0 Å². The zero-order valence-corrected chi connectivity index (χ0v) is 12.7. The van der Waals surface area contributed by atoms with Gasteiger partial charge in [-0.1, -0.05) is 12.8 Å². The van der Waals surface area contributed by atoms with E-state index in [0.717, 1.165) is 18.9 Å². The summed E-state index contributed by atoms with van der Waals surface area (Å²) in [5.41, 5.74) is 0. The number of carbonyl (C=O) groups excluding carboxylic acids is 1. The molecule has 4 heteroatoms. The van der Waals surface area contributed by atoms with Gasteiger partial charge < -0.3 is 15.5 Å². The number of hydrogen-bond donors (Lipinski definition) is 2.